The summed E-state index contributed by atoms with van der Waals surface area (Å²) in [6, 6.07) is 8.47. The molecule has 0 amide bonds. The molecule has 108 valence electrons. The molecule has 1 N–H and O–H groups in total. The van der Waals surface area contributed by atoms with Crippen LogP contribution in [0.25, 0.3) is 0 Å². The van der Waals surface area contributed by atoms with Crippen LogP contribution in [0.1, 0.15) is 36.8 Å². The quantitative estimate of drug-likeness (QED) is 0.797. The largest absolute Gasteiger partial charge is 0.319 e. The van der Waals surface area contributed by atoms with Crippen LogP contribution in [0.5, 0.6) is 0 Å². The minimum atomic E-state index is -2.84. The Morgan fingerprint density at radius 2 is 2.05 bits per heavy atom. The van der Waals surface area contributed by atoms with E-state index in [0.29, 0.717) is 11.7 Å². The van der Waals surface area contributed by atoms with Crippen molar-refractivity contribution >= 4 is 9.84 Å². The van der Waals surface area contributed by atoms with Crippen molar-refractivity contribution < 1.29 is 8.42 Å². The lowest BCUT2D eigenvalue weighted by atomic mass is 9.93. The highest BCUT2D eigenvalue weighted by Gasteiger charge is 2.13. The molecule has 0 saturated carbocycles. The Kier molecular flexibility index (Phi) is 6.52. The maximum Gasteiger partial charge on any atom is 0.150 e. The van der Waals surface area contributed by atoms with Gasteiger partial charge in [0.05, 0.1) is 5.75 Å². The lowest BCUT2D eigenvalue weighted by Gasteiger charge is -2.17. The summed E-state index contributed by atoms with van der Waals surface area (Å²) in [5.41, 5.74) is 2.54. The van der Waals surface area contributed by atoms with Gasteiger partial charge in [-0.15, -0.1) is 0 Å². The van der Waals surface area contributed by atoms with Gasteiger partial charge >= 0.3 is 0 Å². The van der Waals surface area contributed by atoms with E-state index in [-0.39, 0.29) is 5.75 Å². The highest BCUT2D eigenvalue weighted by Crippen LogP contribution is 2.22. The fourth-order valence-electron chi connectivity index (χ4n) is 2.25. The topological polar surface area (TPSA) is 46.2 Å². The number of hydrogen-bond donors (Lipinski definition) is 1. The highest BCUT2D eigenvalue weighted by molar-refractivity contribution is 7.91. The van der Waals surface area contributed by atoms with Crippen molar-refractivity contribution in [3.05, 3.63) is 35.4 Å². The van der Waals surface area contributed by atoms with Gasteiger partial charge in [0.15, 0.2) is 0 Å². The molecule has 19 heavy (non-hydrogen) atoms. The number of hydrogen-bond acceptors (Lipinski definition) is 3. The fraction of sp³-hybridized carbons (Fsp3) is 0.600. The average molecular weight is 283 g/mol. The van der Waals surface area contributed by atoms with Gasteiger partial charge in [-0.2, -0.15) is 0 Å². The molecule has 0 bridgehead atoms. The molecule has 1 aromatic rings. The molecule has 0 fully saturated rings. The summed E-state index contributed by atoms with van der Waals surface area (Å²) in [4.78, 5) is 0. The third-order valence-corrected chi connectivity index (χ3v) is 5.20. The Morgan fingerprint density at radius 3 is 2.63 bits per heavy atom. The number of nitrogens with one attached hydrogen (secondary N) is 1. The number of likely N-dealkylation sites (N-methyl/N-ethyl adjacent to an activating group) is 1. The Hall–Kier alpha value is -0.870. The van der Waals surface area contributed by atoms with Crippen LogP contribution in [-0.4, -0.2) is 33.5 Å². The second-order valence-corrected chi connectivity index (χ2v) is 7.52. The molecule has 1 unspecified atom stereocenters. The van der Waals surface area contributed by atoms with E-state index in [4.69, 9.17) is 0 Å². The summed E-state index contributed by atoms with van der Waals surface area (Å²) in [7, 11) is -0.905. The van der Waals surface area contributed by atoms with Crippen molar-refractivity contribution in [1.29, 1.82) is 0 Å². The van der Waals surface area contributed by atoms with Crippen LogP contribution >= 0.6 is 0 Å². The monoisotopic (exact) mass is 283 g/mol. The van der Waals surface area contributed by atoms with Gasteiger partial charge in [-0.1, -0.05) is 36.8 Å². The summed E-state index contributed by atoms with van der Waals surface area (Å²) >= 11 is 0. The van der Waals surface area contributed by atoms with Gasteiger partial charge in [-0.3, -0.25) is 0 Å². The second-order valence-electron chi connectivity index (χ2n) is 5.05. The molecule has 1 rings (SSSR count). The van der Waals surface area contributed by atoms with Gasteiger partial charge in [-0.05, 0) is 38.3 Å². The van der Waals surface area contributed by atoms with Gasteiger partial charge in [0.1, 0.15) is 9.84 Å². The van der Waals surface area contributed by atoms with Crippen LogP contribution < -0.4 is 5.32 Å². The second kappa shape index (κ2) is 7.65. The van der Waals surface area contributed by atoms with Gasteiger partial charge in [0.2, 0.25) is 0 Å². The summed E-state index contributed by atoms with van der Waals surface area (Å²) in [5.74, 6) is 0.931. The summed E-state index contributed by atoms with van der Waals surface area (Å²) in [6.45, 7) is 4.68. The third-order valence-electron chi connectivity index (χ3n) is 3.41. The first-order chi connectivity index (χ1) is 8.98. The Labute approximate surface area is 117 Å². The first-order valence-electron chi connectivity index (χ1n) is 6.90. The van der Waals surface area contributed by atoms with Gasteiger partial charge in [0, 0.05) is 12.3 Å². The van der Waals surface area contributed by atoms with Crippen molar-refractivity contribution in [2.24, 2.45) is 0 Å². The number of benzene rings is 1. The molecule has 0 aliphatic carbocycles. The number of sulfone groups is 1. The maximum absolute atomic E-state index is 11.5. The van der Waals surface area contributed by atoms with E-state index >= 15 is 0 Å². The SMILES string of the molecule is CCS(=O)(=O)CCCC(CNC)c1cccc(C)c1. The predicted molar refractivity (Wildman–Crippen MR) is 81.4 cm³/mol. The third kappa shape index (κ3) is 5.74. The molecule has 0 heterocycles. The van der Waals surface area contributed by atoms with Crippen molar-refractivity contribution in [3.63, 3.8) is 0 Å². The molecular formula is C15H25NO2S. The van der Waals surface area contributed by atoms with Crippen LogP contribution in [0.4, 0.5) is 0 Å². The van der Waals surface area contributed by atoms with Gasteiger partial charge in [-0.25, -0.2) is 8.42 Å². The van der Waals surface area contributed by atoms with Crippen molar-refractivity contribution in [3.8, 4) is 0 Å². The molecule has 0 radical (unpaired) electrons. The first kappa shape index (κ1) is 16.2. The zero-order valence-corrected chi connectivity index (χ0v) is 13.0. The molecule has 3 nitrogen and oxygen atoms in total. The smallest absolute Gasteiger partial charge is 0.150 e. The highest BCUT2D eigenvalue weighted by atomic mass is 32.2. The first-order valence-corrected chi connectivity index (χ1v) is 8.72. The molecule has 0 aliphatic rings. The summed E-state index contributed by atoms with van der Waals surface area (Å²) in [5, 5.41) is 3.20. The Bertz CT molecular complexity index is 483. The Balaban J connectivity index is 2.63. The Morgan fingerprint density at radius 1 is 1.32 bits per heavy atom. The van der Waals surface area contributed by atoms with Gasteiger partial charge < -0.3 is 5.32 Å². The molecule has 0 spiro atoms. The van der Waals surface area contributed by atoms with E-state index in [1.54, 1.807) is 6.92 Å². The van der Waals surface area contributed by atoms with Crippen LogP contribution in [0.15, 0.2) is 24.3 Å². The average Bonchev–Trinajstić information content (AvgIpc) is 2.37. The van der Waals surface area contributed by atoms with Crippen LogP contribution in [0.2, 0.25) is 0 Å². The standard InChI is InChI=1S/C15H25NO2S/c1-4-19(17,18)10-6-9-15(12-16-3)14-8-5-7-13(2)11-14/h5,7-8,11,15-16H,4,6,9-10,12H2,1-3H3. The molecule has 4 heteroatoms. The molecule has 1 aromatic carbocycles. The van der Waals surface area contributed by atoms with Crippen LogP contribution in [-0.2, 0) is 9.84 Å². The minimum absolute atomic E-state index is 0.244. The van der Waals surface area contributed by atoms with Crippen LogP contribution in [0, 0.1) is 6.92 Å². The summed E-state index contributed by atoms with van der Waals surface area (Å²) < 4.78 is 23.0. The molecular weight excluding hydrogens is 258 g/mol. The van der Waals surface area contributed by atoms with E-state index in [2.05, 4.69) is 36.5 Å². The molecule has 0 saturated heterocycles. The molecule has 1 atom stereocenters. The zero-order chi connectivity index (χ0) is 14.3. The van der Waals surface area contributed by atoms with Crippen molar-refractivity contribution in [1.82, 2.24) is 5.32 Å². The normalized spacial score (nSPS) is 13.4. The molecule has 0 aliphatic heterocycles. The predicted octanol–water partition coefficient (Wildman–Crippen LogP) is 2.51. The van der Waals surface area contributed by atoms with E-state index in [1.165, 1.54) is 11.1 Å². The molecule has 0 aromatic heterocycles. The fourth-order valence-corrected chi connectivity index (χ4v) is 3.15. The zero-order valence-electron chi connectivity index (χ0n) is 12.1. The van der Waals surface area contributed by atoms with Gasteiger partial charge in [0.25, 0.3) is 0 Å². The van der Waals surface area contributed by atoms with E-state index in [9.17, 15) is 8.42 Å². The van der Waals surface area contributed by atoms with E-state index in [0.717, 1.165) is 19.4 Å². The number of aryl methyl sites for hydroxylation is 1. The number of rotatable bonds is 8. The summed E-state index contributed by atoms with van der Waals surface area (Å²) in [6.07, 6.45) is 1.64. The van der Waals surface area contributed by atoms with Crippen molar-refractivity contribution in [2.75, 3.05) is 25.1 Å². The maximum atomic E-state index is 11.5. The van der Waals surface area contributed by atoms with Crippen molar-refractivity contribution in [2.45, 2.75) is 32.6 Å². The van der Waals surface area contributed by atoms with E-state index < -0.39 is 9.84 Å². The van der Waals surface area contributed by atoms with Crippen LogP contribution in [0.3, 0.4) is 0 Å². The lowest BCUT2D eigenvalue weighted by molar-refractivity contribution is 0.562. The lowest BCUT2D eigenvalue weighted by Crippen LogP contribution is -2.18. The van der Waals surface area contributed by atoms with E-state index in [1.807, 2.05) is 7.05 Å². The minimum Gasteiger partial charge on any atom is -0.319 e.